The first-order valence-corrected chi connectivity index (χ1v) is 20.2. The Kier molecular flexibility index (Phi) is 11.8. The van der Waals surface area contributed by atoms with E-state index in [1.165, 1.54) is 0 Å². The zero-order valence-electron chi connectivity index (χ0n) is 34.5. The average molecular weight is 767 g/mol. The third-order valence-electron chi connectivity index (χ3n) is 10.4. The highest BCUT2D eigenvalue weighted by atomic mass is 16.5. The first-order valence-electron chi connectivity index (χ1n) is 20.2. The van der Waals surface area contributed by atoms with Crippen LogP contribution in [0.25, 0.3) is 33.4 Å². The van der Waals surface area contributed by atoms with Crippen LogP contribution in [0.3, 0.4) is 0 Å². The van der Waals surface area contributed by atoms with Gasteiger partial charge in [-0.3, -0.25) is 0 Å². The molecule has 0 saturated carbocycles. The molecule has 0 aliphatic carbocycles. The molecule has 0 saturated heterocycles. The molecule has 294 valence electrons. The van der Waals surface area contributed by atoms with Gasteiger partial charge in [-0.2, -0.15) is 0 Å². The Hall–Kier alpha value is -6.26. The van der Waals surface area contributed by atoms with Gasteiger partial charge in [-0.15, -0.1) is 0 Å². The highest BCUT2D eigenvalue weighted by molar-refractivity contribution is 5.72. The number of ether oxygens (including phenoxy) is 3. The van der Waals surface area contributed by atoms with E-state index in [2.05, 4.69) is 114 Å². The Morgan fingerprint density at radius 1 is 0.345 bits per heavy atom. The van der Waals surface area contributed by atoms with Crippen molar-refractivity contribution in [3.8, 4) is 56.4 Å². The van der Waals surface area contributed by atoms with Gasteiger partial charge in [0.25, 0.3) is 0 Å². The molecule has 0 aliphatic rings. The van der Waals surface area contributed by atoms with Crippen molar-refractivity contribution in [3.05, 3.63) is 193 Å². The van der Waals surface area contributed by atoms with Gasteiger partial charge < -0.3 is 19.3 Å². The number of rotatable bonds is 15. The van der Waals surface area contributed by atoms with Gasteiger partial charge in [-0.05, 0) is 93.6 Å². The third-order valence-corrected chi connectivity index (χ3v) is 10.4. The van der Waals surface area contributed by atoms with Crippen LogP contribution in [0.5, 0.6) is 23.0 Å². The van der Waals surface area contributed by atoms with Gasteiger partial charge in [0, 0.05) is 41.5 Å². The molecular formula is C54H54O4. The van der Waals surface area contributed by atoms with Crippen LogP contribution in [0, 0.1) is 0 Å². The van der Waals surface area contributed by atoms with Crippen molar-refractivity contribution in [1.29, 1.82) is 0 Å². The number of hydrogen-bond acceptors (Lipinski definition) is 4. The molecule has 0 aromatic heterocycles. The van der Waals surface area contributed by atoms with Crippen molar-refractivity contribution < 1.29 is 19.3 Å². The Morgan fingerprint density at radius 3 is 1.03 bits per heavy atom. The van der Waals surface area contributed by atoms with Crippen LogP contribution in [0.1, 0.15) is 58.2 Å². The number of phenols is 1. The second kappa shape index (κ2) is 17.1. The minimum atomic E-state index is -0.693. The molecular weight excluding hydrogens is 713 g/mol. The summed E-state index contributed by atoms with van der Waals surface area (Å²) in [6, 6.07) is 59.5. The quantitative estimate of drug-likeness (QED) is 0.113. The molecule has 4 nitrogen and oxygen atoms in total. The van der Waals surface area contributed by atoms with Gasteiger partial charge >= 0.3 is 0 Å². The summed E-state index contributed by atoms with van der Waals surface area (Å²) in [6.45, 7) is 12.7. The van der Waals surface area contributed by atoms with E-state index in [0.29, 0.717) is 19.3 Å². The standard InChI is InChI=1S/C54H54O4/c1-52(2,56-49-31-19-16-28-43(49)39-22-10-7-11-23-39)36-42-34-35-48(55)47(38-54(5,6)58-51-33-21-18-30-45(51)41-26-14-9-15-27-41)46(42)37-53(3,4)57-50-32-20-17-29-44(50)40-24-12-8-13-25-40/h7-35,55H,36-38H2,1-6H3. The normalized spacial score (nSPS) is 11.9. The Morgan fingerprint density at radius 2 is 0.655 bits per heavy atom. The second-order valence-corrected chi connectivity index (χ2v) is 16.9. The zero-order chi connectivity index (χ0) is 40.8. The Bertz CT molecular complexity index is 2430. The van der Waals surface area contributed by atoms with Gasteiger partial charge in [0.15, 0.2) is 0 Å². The lowest BCUT2D eigenvalue weighted by atomic mass is 9.82. The minimum absolute atomic E-state index is 0.236. The van der Waals surface area contributed by atoms with Gasteiger partial charge in [-0.25, -0.2) is 0 Å². The van der Waals surface area contributed by atoms with Gasteiger partial charge in [0.05, 0.1) is 0 Å². The largest absolute Gasteiger partial charge is 0.508 e. The van der Waals surface area contributed by atoms with Crippen molar-refractivity contribution in [1.82, 2.24) is 0 Å². The SMILES string of the molecule is CC(C)(Cc1ccc(O)c(CC(C)(C)Oc2ccccc2-c2ccccc2)c1CC(C)(C)Oc1ccccc1-c1ccccc1)Oc1ccccc1-c1ccccc1. The maximum absolute atomic E-state index is 11.8. The summed E-state index contributed by atoms with van der Waals surface area (Å²) >= 11 is 0. The fourth-order valence-corrected chi connectivity index (χ4v) is 7.86. The second-order valence-electron chi connectivity index (χ2n) is 16.9. The first kappa shape index (κ1) is 40.0. The van der Waals surface area contributed by atoms with Gasteiger partial charge in [0.2, 0.25) is 0 Å². The van der Waals surface area contributed by atoms with E-state index in [1.54, 1.807) is 0 Å². The highest BCUT2D eigenvalue weighted by Crippen LogP contribution is 2.40. The molecule has 7 aromatic rings. The molecule has 7 aromatic carbocycles. The number of hydrogen-bond donors (Lipinski definition) is 1. The summed E-state index contributed by atoms with van der Waals surface area (Å²) in [5.74, 6) is 2.67. The smallest absolute Gasteiger partial charge is 0.127 e. The van der Waals surface area contributed by atoms with Crippen molar-refractivity contribution in [2.24, 2.45) is 0 Å². The number of aromatic hydroxyl groups is 1. The maximum Gasteiger partial charge on any atom is 0.127 e. The predicted octanol–water partition coefficient (Wildman–Crippen LogP) is 13.6. The van der Waals surface area contributed by atoms with Gasteiger partial charge in [0.1, 0.15) is 39.8 Å². The number of phenolic OH excluding ortho intramolecular Hbond substituents is 1. The maximum atomic E-state index is 11.8. The molecule has 0 spiro atoms. The van der Waals surface area contributed by atoms with E-state index >= 15 is 0 Å². The summed E-state index contributed by atoms with van der Waals surface area (Å²) in [5.41, 5.74) is 7.37. The number of para-hydroxylation sites is 3. The van der Waals surface area contributed by atoms with Crippen molar-refractivity contribution >= 4 is 0 Å². The average Bonchev–Trinajstić information content (AvgIpc) is 3.21. The van der Waals surface area contributed by atoms with Crippen LogP contribution in [0.15, 0.2) is 176 Å². The van der Waals surface area contributed by atoms with Crippen LogP contribution < -0.4 is 14.2 Å². The monoisotopic (exact) mass is 766 g/mol. The minimum Gasteiger partial charge on any atom is -0.508 e. The van der Waals surface area contributed by atoms with Crippen LogP contribution in [-0.2, 0) is 19.3 Å². The number of benzene rings is 7. The van der Waals surface area contributed by atoms with E-state index in [4.69, 9.17) is 14.2 Å². The first-order chi connectivity index (χ1) is 27.9. The lowest BCUT2D eigenvalue weighted by molar-refractivity contribution is 0.0999. The van der Waals surface area contributed by atoms with E-state index in [9.17, 15) is 5.11 Å². The molecule has 1 N–H and O–H groups in total. The third kappa shape index (κ3) is 9.81. The molecule has 0 aliphatic heterocycles. The predicted molar refractivity (Wildman–Crippen MR) is 239 cm³/mol. The summed E-state index contributed by atoms with van der Waals surface area (Å²) in [7, 11) is 0. The summed E-state index contributed by atoms with van der Waals surface area (Å²) in [5, 5.41) is 11.8. The van der Waals surface area contributed by atoms with Crippen LogP contribution >= 0.6 is 0 Å². The fourth-order valence-electron chi connectivity index (χ4n) is 7.86. The molecule has 58 heavy (non-hydrogen) atoms. The lowest BCUT2D eigenvalue weighted by Gasteiger charge is -2.34. The fraction of sp³-hybridized carbons (Fsp3) is 0.222. The molecule has 0 radical (unpaired) electrons. The molecule has 0 atom stereocenters. The van der Waals surface area contributed by atoms with Crippen LogP contribution in [0.2, 0.25) is 0 Å². The summed E-state index contributed by atoms with van der Waals surface area (Å²) in [4.78, 5) is 0. The molecule has 7 rings (SSSR count). The Labute approximate surface area is 344 Å². The summed E-state index contributed by atoms with van der Waals surface area (Å²) < 4.78 is 20.8. The Balaban J connectivity index is 1.25. The highest BCUT2D eigenvalue weighted by Gasteiger charge is 2.33. The van der Waals surface area contributed by atoms with E-state index in [0.717, 1.165) is 67.3 Å². The topological polar surface area (TPSA) is 47.9 Å². The molecule has 4 heteroatoms. The molecule has 0 fully saturated rings. The lowest BCUT2D eigenvalue weighted by Crippen LogP contribution is -2.36. The van der Waals surface area contributed by atoms with E-state index in [1.807, 2.05) is 103 Å². The van der Waals surface area contributed by atoms with Crippen molar-refractivity contribution in [2.45, 2.75) is 77.6 Å². The molecule has 0 amide bonds. The van der Waals surface area contributed by atoms with E-state index < -0.39 is 16.8 Å². The van der Waals surface area contributed by atoms with Crippen molar-refractivity contribution in [2.75, 3.05) is 0 Å². The molecule has 0 bridgehead atoms. The van der Waals surface area contributed by atoms with E-state index in [-0.39, 0.29) is 5.75 Å². The molecule has 0 unspecified atom stereocenters. The zero-order valence-corrected chi connectivity index (χ0v) is 34.5. The molecule has 0 heterocycles. The summed E-state index contributed by atoms with van der Waals surface area (Å²) in [6.07, 6.45) is 1.58. The van der Waals surface area contributed by atoms with Gasteiger partial charge in [-0.1, -0.05) is 152 Å². The van der Waals surface area contributed by atoms with Crippen LogP contribution in [0.4, 0.5) is 0 Å². The van der Waals surface area contributed by atoms with Crippen LogP contribution in [-0.4, -0.2) is 21.9 Å². The van der Waals surface area contributed by atoms with Crippen molar-refractivity contribution in [3.63, 3.8) is 0 Å².